The van der Waals surface area contributed by atoms with Crippen LogP contribution in [0, 0.1) is 12.3 Å². The Kier molecular flexibility index (Phi) is 4.82. The first-order valence-electron chi connectivity index (χ1n) is 9.10. The number of carbonyl (C=O) groups is 3. The number of fused-ring (bicyclic) bond motifs is 1. The molecule has 0 N–H and O–H groups in total. The molecule has 1 aliphatic carbocycles. The quantitative estimate of drug-likeness (QED) is 0.808. The van der Waals surface area contributed by atoms with Crippen LogP contribution in [0.3, 0.4) is 0 Å². The molecule has 0 aromatic carbocycles. The van der Waals surface area contributed by atoms with E-state index in [1.807, 2.05) is 13.8 Å². The minimum absolute atomic E-state index is 0.0451. The van der Waals surface area contributed by atoms with Crippen molar-refractivity contribution in [3.8, 4) is 0 Å². The standard InChI is InChI=1S/C19H26N2O5/c1-5-25-18(24)21-8-6-20(7-9-21)17(23)16-12(2)15-13(22)10-19(3,4)11-14(15)26-16/h5-11H2,1-4H3. The number of hydrogen-bond acceptors (Lipinski definition) is 5. The lowest BCUT2D eigenvalue weighted by Gasteiger charge is -2.33. The lowest BCUT2D eigenvalue weighted by atomic mass is 9.76. The molecule has 3 rings (SSSR count). The fourth-order valence-electron chi connectivity index (χ4n) is 3.74. The maximum atomic E-state index is 12.9. The van der Waals surface area contributed by atoms with Crippen LogP contribution in [0.15, 0.2) is 4.42 Å². The minimum atomic E-state index is -0.350. The Bertz CT molecular complexity index is 741. The van der Waals surface area contributed by atoms with E-state index in [2.05, 4.69) is 0 Å². The Balaban J connectivity index is 1.74. The van der Waals surface area contributed by atoms with Gasteiger partial charge in [-0.25, -0.2) is 4.79 Å². The van der Waals surface area contributed by atoms with Crippen molar-refractivity contribution in [2.75, 3.05) is 32.8 Å². The normalized spacial score (nSPS) is 19.3. The summed E-state index contributed by atoms with van der Waals surface area (Å²) in [5.41, 5.74) is 1.07. The zero-order valence-corrected chi connectivity index (χ0v) is 15.9. The van der Waals surface area contributed by atoms with Crippen molar-refractivity contribution in [2.45, 2.75) is 40.5 Å². The third-order valence-electron chi connectivity index (χ3n) is 5.06. The number of hydrogen-bond donors (Lipinski definition) is 0. The highest BCUT2D eigenvalue weighted by atomic mass is 16.6. The summed E-state index contributed by atoms with van der Waals surface area (Å²) >= 11 is 0. The van der Waals surface area contributed by atoms with Crippen LogP contribution in [-0.4, -0.2) is 60.4 Å². The minimum Gasteiger partial charge on any atom is -0.455 e. The van der Waals surface area contributed by atoms with E-state index in [1.165, 1.54) is 0 Å². The van der Waals surface area contributed by atoms with Crippen molar-refractivity contribution in [3.05, 3.63) is 22.6 Å². The topological polar surface area (TPSA) is 80.1 Å². The molecule has 7 heteroatoms. The highest BCUT2D eigenvalue weighted by molar-refractivity contribution is 6.03. The van der Waals surface area contributed by atoms with E-state index in [4.69, 9.17) is 9.15 Å². The van der Waals surface area contributed by atoms with Crippen molar-refractivity contribution >= 4 is 17.8 Å². The number of nitrogens with zero attached hydrogens (tertiary/aromatic N) is 2. The SMILES string of the molecule is CCOC(=O)N1CCN(C(=O)c2oc3c(c2C)C(=O)CC(C)(C)C3)CC1. The van der Waals surface area contributed by atoms with E-state index in [0.29, 0.717) is 62.5 Å². The summed E-state index contributed by atoms with van der Waals surface area (Å²) in [6.07, 6.45) is 0.766. The molecule has 7 nitrogen and oxygen atoms in total. The molecule has 1 saturated heterocycles. The number of carbonyl (C=O) groups excluding carboxylic acids is 3. The van der Waals surface area contributed by atoms with Gasteiger partial charge in [0.15, 0.2) is 11.5 Å². The molecule has 0 radical (unpaired) electrons. The van der Waals surface area contributed by atoms with Gasteiger partial charge in [0, 0.05) is 44.6 Å². The molecule has 0 bridgehead atoms. The van der Waals surface area contributed by atoms with Gasteiger partial charge in [-0.05, 0) is 19.3 Å². The Morgan fingerprint density at radius 3 is 2.35 bits per heavy atom. The first kappa shape index (κ1) is 18.5. The molecule has 26 heavy (non-hydrogen) atoms. The van der Waals surface area contributed by atoms with E-state index in [1.54, 1.807) is 23.6 Å². The van der Waals surface area contributed by atoms with Crippen LogP contribution in [0.1, 0.15) is 59.4 Å². The number of rotatable bonds is 2. The molecule has 0 atom stereocenters. The zero-order chi connectivity index (χ0) is 19.1. The molecular weight excluding hydrogens is 336 g/mol. The molecule has 0 saturated carbocycles. The third-order valence-corrected chi connectivity index (χ3v) is 5.06. The summed E-state index contributed by atoms with van der Waals surface area (Å²) in [5.74, 6) is 0.706. The molecule has 142 valence electrons. The zero-order valence-electron chi connectivity index (χ0n) is 15.9. The first-order valence-corrected chi connectivity index (χ1v) is 9.10. The molecule has 2 aliphatic rings. The number of furan rings is 1. The van der Waals surface area contributed by atoms with Crippen molar-refractivity contribution < 1.29 is 23.5 Å². The number of ether oxygens (including phenoxy) is 1. The van der Waals surface area contributed by atoms with Gasteiger partial charge in [-0.2, -0.15) is 0 Å². The Hall–Kier alpha value is -2.31. The smallest absolute Gasteiger partial charge is 0.409 e. The average molecular weight is 362 g/mol. The number of piperazine rings is 1. The molecule has 1 aliphatic heterocycles. The van der Waals surface area contributed by atoms with Crippen LogP contribution < -0.4 is 0 Å². The van der Waals surface area contributed by atoms with Crippen molar-refractivity contribution in [1.82, 2.24) is 9.80 Å². The summed E-state index contributed by atoms with van der Waals surface area (Å²) in [4.78, 5) is 40.4. The summed E-state index contributed by atoms with van der Waals surface area (Å²) in [6.45, 7) is 9.63. The van der Waals surface area contributed by atoms with E-state index in [0.717, 1.165) is 0 Å². The van der Waals surface area contributed by atoms with Gasteiger partial charge in [0.25, 0.3) is 5.91 Å². The maximum absolute atomic E-state index is 12.9. The van der Waals surface area contributed by atoms with Gasteiger partial charge in [-0.15, -0.1) is 0 Å². The van der Waals surface area contributed by atoms with E-state index < -0.39 is 0 Å². The fourth-order valence-corrected chi connectivity index (χ4v) is 3.74. The van der Waals surface area contributed by atoms with Crippen molar-refractivity contribution in [1.29, 1.82) is 0 Å². The predicted octanol–water partition coefficient (Wildman–Crippen LogP) is 2.66. The summed E-state index contributed by atoms with van der Waals surface area (Å²) < 4.78 is 10.8. The van der Waals surface area contributed by atoms with E-state index in [-0.39, 0.29) is 29.0 Å². The van der Waals surface area contributed by atoms with Gasteiger partial charge in [0.2, 0.25) is 0 Å². The Morgan fingerprint density at radius 1 is 1.12 bits per heavy atom. The van der Waals surface area contributed by atoms with Gasteiger partial charge in [-0.3, -0.25) is 9.59 Å². The molecule has 1 aromatic rings. The second-order valence-electron chi connectivity index (χ2n) is 7.77. The van der Waals surface area contributed by atoms with Crippen LogP contribution in [0.2, 0.25) is 0 Å². The predicted molar refractivity (Wildman–Crippen MR) is 94.4 cm³/mol. The summed E-state index contributed by atoms with van der Waals surface area (Å²) in [7, 11) is 0. The molecule has 1 fully saturated rings. The molecule has 0 spiro atoms. The van der Waals surface area contributed by atoms with Crippen LogP contribution in [0.25, 0.3) is 0 Å². The first-order chi connectivity index (χ1) is 12.2. The largest absolute Gasteiger partial charge is 0.455 e. The lowest BCUT2D eigenvalue weighted by Crippen LogP contribution is -2.50. The number of ketones is 1. The average Bonchev–Trinajstić information content (AvgIpc) is 2.90. The monoisotopic (exact) mass is 362 g/mol. The second-order valence-corrected chi connectivity index (χ2v) is 7.77. The van der Waals surface area contributed by atoms with Gasteiger partial charge in [-0.1, -0.05) is 13.8 Å². The van der Waals surface area contributed by atoms with Crippen LogP contribution >= 0.6 is 0 Å². The highest BCUT2D eigenvalue weighted by Crippen LogP contribution is 2.38. The fraction of sp³-hybridized carbons (Fsp3) is 0.632. The van der Waals surface area contributed by atoms with Crippen LogP contribution in [0.5, 0.6) is 0 Å². The third kappa shape index (κ3) is 3.34. The summed E-state index contributed by atoms with van der Waals surface area (Å²) in [5, 5.41) is 0. The van der Waals surface area contributed by atoms with Gasteiger partial charge in [0.05, 0.1) is 12.2 Å². The van der Waals surface area contributed by atoms with Crippen molar-refractivity contribution in [2.24, 2.45) is 5.41 Å². The lowest BCUT2D eigenvalue weighted by molar-refractivity contribution is 0.0543. The van der Waals surface area contributed by atoms with Crippen LogP contribution in [-0.2, 0) is 11.2 Å². The Morgan fingerprint density at radius 2 is 1.73 bits per heavy atom. The van der Waals surface area contributed by atoms with Crippen molar-refractivity contribution in [3.63, 3.8) is 0 Å². The molecule has 2 amide bonds. The Labute approximate surface area is 153 Å². The molecule has 2 heterocycles. The summed E-state index contributed by atoms with van der Waals surface area (Å²) in [6, 6.07) is 0. The van der Waals surface area contributed by atoms with E-state index >= 15 is 0 Å². The van der Waals surface area contributed by atoms with E-state index in [9.17, 15) is 14.4 Å². The van der Waals surface area contributed by atoms with Gasteiger partial charge < -0.3 is 19.0 Å². The van der Waals surface area contributed by atoms with Crippen LogP contribution in [0.4, 0.5) is 4.79 Å². The highest BCUT2D eigenvalue weighted by Gasteiger charge is 2.38. The maximum Gasteiger partial charge on any atom is 0.409 e. The van der Waals surface area contributed by atoms with Gasteiger partial charge in [0.1, 0.15) is 5.76 Å². The van der Waals surface area contributed by atoms with Gasteiger partial charge >= 0.3 is 6.09 Å². The number of Topliss-reactive ketones (excluding diaryl/α,β-unsaturated/α-hetero) is 1. The molecular formula is C19H26N2O5. The molecule has 1 aromatic heterocycles. The number of amides is 2. The molecule has 0 unspecified atom stereocenters. The second kappa shape index (κ2) is 6.78.